The van der Waals surface area contributed by atoms with E-state index in [0.717, 1.165) is 23.2 Å². The number of hydrogen-bond acceptors (Lipinski definition) is 2. The van der Waals surface area contributed by atoms with Crippen molar-refractivity contribution >= 4 is 21.6 Å². The van der Waals surface area contributed by atoms with Crippen LogP contribution in [0, 0.1) is 17.7 Å². The Hall–Kier alpha value is -0.610. The van der Waals surface area contributed by atoms with Gasteiger partial charge in [-0.15, -0.1) is 0 Å². The van der Waals surface area contributed by atoms with Gasteiger partial charge in [0.1, 0.15) is 5.82 Å². The summed E-state index contributed by atoms with van der Waals surface area (Å²) in [5.74, 6) is 1.03. The van der Waals surface area contributed by atoms with Gasteiger partial charge in [0, 0.05) is 29.6 Å². The molecular weight excluding hydrogens is 331 g/mol. The van der Waals surface area contributed by atoms with E-state index in [9.17, 15) is 4.39 Å². The molecule has 2 rings (SSSR count). The predicted molar refractivity (Wildman–Crippen MR) is 91.3 cm³/mol. The van der Waals surface area contributed by atoms with Crippen LogP contribution in [0.1, 0.15) is 34.1 Å². The molecule has 1 fully saturated rings. The van der Waals surface area contributed by atoms with Crippen LogP contribution < -0.4 is 10.2 Å². The van der Waals surface area contributed by atoms with Crippen molar-refractivity contribution in [2.24, 2.45) is 11.8 Å². The molecule has 2 unspecified atom stereocenters. The van der Waals surface area contributed by atoms with Crippen LogP contribution in [0.2, 0.25) is 0 Å². The highest BCUT2D eigenvalue weighted by atomic mass is 79.9. The average Bonchev–Trinajstić information content (AvgIpc) is 2.37. The van der Waals surface area contributed by atoms with Crippen LogP contribution in [-0.2, 0) is 0 Å². The Morgan fingerprint density at radius 1 is 1.33 bits per heavy atom. The van der Waals surface area contributed by atoms with Crippen molar-refractivity contribution in [2.45, 2.75) is 46.2 Å². The second-order valence-electron chi connectivity index (χ2n) is 6.79. The van der Waals surface area contributed by atoms with Gasteiger partial charge in [-0.2, -0.15) is 0 Å². The Kier molecular flexibility index (Phi) is 5.67. The van der Waals surface area contributed by atoms with Crippen molar-refractivity contribution in [1.82, 2.24) is 5.32 Å². The van der Waals surface area contributed by atoms with E-state index < -0.39 is 0 Å². The molecule has 4 heteroatoms. The third-order valence-electron chi connectivity index (χ3n) is 4.18. The molecule has 0 aromatic heterocycles. The normalized spacial score (nSPS) is 23.1. The first-order valence-electron chi connectivity index (χ1n) is 7.83. The lowest BCUT2D eigenvalue weighted by atomic mass is 9.94. The fraction of sp³-hybridized carbons (Fsp3) is 0.647. The zero-order chi connectivity index (χ0) is 15.6. The summed E-state index contributed by atoms with van der Waals surface area (Å²) in [5, 5.41) is 3.68. The number of rotatable bonds is 4. The van der Waals surface area contributed by atoms with Crippen LogP contribution in [0.25, 0.3) is 0 Å². The molecule has 1 aromatic carbocycles. The van der Waals surface area contributed by atoms with Crippen LogP contribution in [-0.4, -0.2) is 25.2 Å². The van der Waals surface area contributed by atoms with E-state index in [2.05, 4.69) is 53.8 Å². The van der Waals surface area contributed by atoms with Gasteiger partial charge in [-0.3, -0.25) is 0 Å². The summed E-state index contributed by atoms with van der Waals surface area (Å²) in [4.78, 5) is 2.44. The van der Waals surface area contributed by atoms with E-state index in [1.807, 2.05) is 6.07 Å². The number of benzene rings is 1. The Morgan fingerprint density at radius 3 is 2.62 bits per heavy atom. The molecule has 0 saturated carbocycles. The molecule has 0 aliphatic carbocycles. The van der Waals surface area contributed by atoms with Gasteiger partial charge >= 0.3 is 0 Å². The smallest absolute Gasteiger partial charge is 0.124 e. The minimum absolute atomic E-state index is 0.194. The van der Waals surface area contributed by atoms with Gasteiger partial charge in [-0.05, 0) is 52.4 Å². The first-order valence-corrected chi connectivity index (χ1v) is 8.62. The molecular formula is C17H26BrFN2. The summed E-state index contributed by atoms with van der Waals surface area (Å²) in [6.45, 7) is 11.0. The number of nitrogens with one attached hydrogen (secondary N) is 1. The molecule has 1 aliphatic rings. The Bertz CT molecular complexity index is 476. The first kappa shape index (κ1) is 16.8. The van der Waals surface area contributed by atoms with Crippen LogP contribution in [0.5, 0.6) is 0 Å². The monoisotopic (exact) mass is 356 g/mol. The molecule has 21 heavy (non-hydrogen) atoms. The highest BCUT2D eigenvalue weighted by molar-refractivity contribution is 9.10. The van der Waals surface area contributed by atoms with Gasteiger partial charge in [0.2, 0.25) is 0 Å². The number of piperazine rings is 1. The minimum Gasteiger partial charge on any atom is -0.365 e. The molecule has 1 aromatic rings. The maximum absolute atomic E-state index is 13.4. The molecule has 118 valence electrons. The van der Waals surface area contributed by atoms with Crippen molar-refractivity contribution < 1.29 is 4.39 Å². The van der Waals surface area contributed by atoms with Crippen molar-refractivity contribution in [3.63, 3.8) is 0 Å². The molecule has 1 heterocycles. The van der Waals surface area contributed by atoms with Crippen molar-refractivity contribution in [2.75, 3.05) is 18.0 Å². The number of anilines is 1. The van der Waals surface area contributed by atoms with Crippen LogP contribution in [0.15, 0.2) is 22.7 Å². The zero-order valence-corrected chi connectivity index (χ0v) is 15.0. The first-order chi connectivity index (χ1) is 9.88. The second kappa shape index (κ2) is 7.10. The molecule has 0 bridgehead atoms. The van der Waals surface area contributed by atoms with E-state index in [-0.39, 0.29) is 5.82 Å². The SMILES string of the molecule is CC(C)CC1CN(c2ccc(F)cc2Br)C(C(C)C)CN1. The predicted octanol–water partition coefficient (Wildman–Crippen LogP) is 4.44. The maximum Gasteiger partial charge on any atom is 0.124 e. The fourth-order valence-electron chi connectivity index (χ4n) is 3.15. The van der Waals surface area contributed by atoms with Crippen molar-refractivity contribution in [3.05, 3.63) is 28.5 Å². The summed E-state index contributed by atoms with van der Waals surface area (Å²) >= 11 is 3.53. The summed E-state index contributed by atoms with van der Waals surface area (Å²) in [6.07, 6.45) is 1.17. The van der Waals surface area contributed by atoms with E-state index in [0.29, 0.717) is 23.9 Å². The van der Waals surface area contributed by atoms with Gasteiger partial charge < -0.3 is 10.2 Å². The summed E-state index contributed by atoms with van der Waals surface area (Å²) in [5.41, 5.74) is 1.10. The fourth-order valence-corrected chi connectivity index (χ4v) is 3.73. The Balaban J connectivity index is 2.25. The number of hydrogen-bond donors (Lipinski definition) is 1. The molecule has 1 N–H and O–H groups in total. The van der Waals surface area contributed by atoms with Crippen LogP contribution in [0.3, 0.4) is 0 Å². The van der Waals surface area contributed by atoms with E-state index >= 15 is 0 Å². The molecule has 1 saturated heterocycles. The standard InChI is InChI=1S/C17H26BrFN2/c1-11(2)7-14-10-21(17(9-20-14)12(3)4)16-6-5-13(19)8-15(16)18/h5-6,8,11-12,14,17,20H,7,9-10H2,1-4H3. The molecule has 0 spiro atoms. The maximum atomic E-state index is 13.4. The third kappa shape index (κ3) is 4.19. The summed E-state index contributed by atoms with van der Waals surface area (Å²) in [7, 11) is 0. The molecule has 0 amide bonds. The molecule has 2 nitrogen and oxygen atoms in total. The Morgan fingerprint density at radius 2 is 2.05 bits per heavy atom. The third-order valence-corrected chi connectivity index (χ3v) is 4.81. The minimum atomic E-state index is -0.194. The lowest BCUT2D eigenvalue weighted by Gasteiger charge is -2.44. The van der Waals surface area contributed by atoms with Gasteiger partial charge in [0.05, 0.1) is 5.69 Å². The van der Waals surface area contributed by atoms with E-state index in [1.54, 1.807) is 12.1 Å². The average molecular weight is 357 g/mol. The van der Waals surface area contributed by atoms with Gasteiger partial charge in [0.25, 0.3) is 0 Å². The van der Waals surface area contributed by atoms with Gasteiger partial charge in [-0.1, -0.05) is 27.7 Å². The Labute approximate surface area is 136 Å². The molecule has 2 atom stereocenters. The largest absolute Gasteiger partial charge is 0.365 e. The summed E-state index contributed by atoms with van der Waals surface area (Å²) in [6, 6.07) is 5.95. The lowest BCUT2D eigenvalue weighted by molar-refractivity contribution is 0.310. The number of nitrogens with zero attached hydrogens (tertiary/aromatic N) is 1. The van der Waals surface area contributed by atoms with E-state index in [1.165, 1.54) is 6.42 Å². The van der Waals surface area contributed by atoms with Crippen LogP contribution in [0.4, 0.5) is 10.1 Å². The van der Waals surface area contributed by atoms with Crippen molar-refractivity contribution in [1.29, 1.82) is 0 Å². The van der Waals surface area contributed by atoms with Crippen molar-refractivity contribution in [3.8, 4) is 0 Å². The van der Waals surface area contributed by atoms with Crippen LogP contribution >= 0.6 is 15.9 Å². The van der Waals surface area contributed by atoms with Gasteiger partial charge in [-0.25, -0.2) is 4.39 Å². The molecule has 1 aliphatic heterocycles. The topological polar surface area (TPSA) is 15.3 Å². The van der Waals surface area contributed by atoms with Gasteiger partial charge in [0.15, 0.2) is 0 Å². The number of halogens is 2. The summed E-state index contributed by atoms with van der Waals surface area (Å²) < 4.78 is 14.2. The second-order valence-corrected chi connectivity index (χ2v) is 7.65. The highest BCUT2D eigenvalue weighted by Crippen LogP contribution is 2.32. The van der Waals surface area contributed by atoms with E-state index in [4.69, 9.17) is 0 Å². The highest BCUT2D eigenvalue weighted by Gasteiger charge is 2.31. The quantitative estimate of drug-likeness (QED) is 0.857. The molecule has 0 radical (unpaired) electrons. The zero-order valence-electron chi connectivity index (χ0n) is 13.4. The lowest BCUT2D eigenvalue weighted by Crippen LogP contribution is -2.58.